The summed E-state index contributed by atoms with van der Waals surface area (Å²) in [6, 6.07) is 11.8. The van der Waals surface area contributed by atoms with Gasteiger partial charge in [0.05, 0.1) is 18.6 Å². The van der Waals surface area contributed by atoms with E-state index in [4.69, 9.17) is 4.74 Å². The van der Waals surface area contributed by atoms with Crippen molar-refractivity contribution in [2.75, 3.05) is 19.0 Å². The van der Waals surface area contributed by atoms with Crippen molar-refractivity contribution in [2.24, 2.45) is 11.8 Å². The molecule has 1 aliphatic carbocycles. The van der Waals surface area contributed by atoms with Gasteiger partial charge in [-0.3, -0.25) is 14.4 Å². The number of thiophene rings is 1. The highest BCUT2D eigenvalue weighted by molar-refractivity contribution is 7.16. The summed E-state index contributed by atoms with van der Waals surface area (Å²) in [4.78, 5) is 38.0. The van der Waals surface area contributed by atoms with E-state index in [1.807, 2.05) is 43.3 Å². The molecule has 2 amide bonds. The van der Waals surface area contributed by atoms with Crippen LogP contribution in [0, 0.1) is 18.8 Å². The number of carbonyl (C=O) groups is 3. The molecule has 0 unspecified atom stereocenters. The quantitative estimate of drug-likeness (QED) is 0.654. The molecule has 0 bridgehead atoms. The van der Waals surface area contributed by atoms with Crippen LogP contribution in [-0.4, -0.2) is 31.4 Å². The monoisotopic (exact) mass is 428 g/mol. The molecule has 0 atom stereocenters. The fourth-order valence-electron chi connectivity index (χ4n) is 3.81. The molecule has 0 radical (unpaired) electrons. The summed E-state index contributed by atoms with van der Waals surface area (Å²) in [6.45, 7) is 2.45. The van der Waals surface area contributed by atoms with E-state index < -0.39 is 0 Å². The first-order chi connectivity index (χ1) is 14.5. The van der Waals surface area contributed by atoms with Crippen LogP contribution in [0.2, 0.25) is 0 Å². The lowest BCUT2D eigenvalue weighted by Gasteiger charge is -2.26. The zero-order chi connectivity index (χ0) is 21.5. The highest BCUT2D eigenvalue weighted by atomic mass is 32.1. The van der Waals surface area contributed by atoms with Crippen LogP contribution in [0.15, 0.2) is 36.4 Å². The predicted octanol–water partition coefficient (Wildman–Crippen LogP) is 3.95. The second kappa shape index (κ2) is 10.4. The summed E-state index contributed by atoms with van der Waals surface area (Å²) in [5, 5.41) is 6.48. The van der Waals surface area contributed by atoms with Crippen LogP contribution in [0.4, 0.5) is 5.00 Å². The SMILES string of the molecule is COC(=O)C1CCC(C(=O)Nc2sc(C)cc2C(=O)NCCc2ccccc2)CC1. The lowest BCUT2D eigenvalue weighted by molar-refractivity contribution is -0.147. The van der Waals surface area contributed by atoms with Crippen LogP contribution in [0.5, 0.6) is 0 Å². The number of methoxy groups -OCH3 is 1. The maximum atomic E-state index is 12.7. The van der Waals surface area contributed by atoms with Gasteiger partial charge in [0.2, 0.25) is 5.91 Å². The van der Waals surface area contributed by atoms with Gasteiger partial charge in [-0.15, -0.1) is 11.3 Å². The molecular weight excluding hydrogens is 400 g/mol. The van der Waals surface area contributed by atoms with Gasteiger partial charge in [-0.2, -0.15) is 0 Å². The number of anilines is 1. The van der Waals surface area contributed by atoms with Gasteiger partial charge < -0.3 is 15.4 Å². The number of aryl methyl sites for hydroxylation is 1. The molecule has 6 nitrogen and oxygen atoms in total. The number of esters is 1. The Hall–Kier alpha value is -2.67. The van der Waals surface area contributed by atoms with E-state index >= 15 is 0 Å². The molecule has 30 heavy (non-hydrogen) atoms. The van der Waals surface area contributed by atoms with Crippen molar-refractivity contribution in [2.45, 2.75) is 39.0 Å². The van der Waals surface area contributed by atoms with Crippen molar-refractivity contribution in [3.8, 4) is 0 Å². The van der Waals surface area contributed by atoms with Gasteiger partial charge in [0, 0.05) is 17.3 Å². The minimum absolute atomic E-state index is 0.0847. The van der Waals surface area contributed by atoms with E-state index in [1.165, 1.54) is 18.4 Å². The molecular formula is C23H28N2O4S. The standard InChI is InChI=1S/C23H28N2O4S/c1-15-14-19(21(27)24-13-12-16-6-4-3-5-7-16)22(30-15)25-20(26)17-8-10-18(11-9-17)23(28)29-2/h3-7,14,17-18H,8-13H2,1-2H3,(H,24,27)(H,25,26). The van der Waals surface area contributed by atoms with E-state index in [-0.39, 0.29) is 29.6 Å². The summed E-state index contributed by atoms with van der Waals surface area (Å²) in [5.74, 6) is -0.730. The number of benzene rings is 1. The Morgan fingerprint density at radius 3 is 2.40 bits per heavy atom. The topological polar surface area (TPSA) is 84.5 Å². The van der Waals surface area contributed by atoms with Crippen LogP contribution in [0.25, 0.3) is 0 Å². The van der Waals surface area contributed by atoms with Gasteiger partial charge in [-0.1, -0.05) is 30.3 Å². The third kappa shape index (κ3) is 5.69. The molecule has 0 saturated heterocycles. The van der Waals surface area contributed by atoms with Gasteiger partial charge in [-0.25, -0.2) is 0 Å². The molecule has 1 aliphatic rings. The summed E-state index contributed by atoms with van der Waals surface area (Å²) in [5.41, 5.74) is 1.66. The summed E-state index contributed by atoms with van der Waals surface area (Å²) in [6.07, 6.45) is 3.35. The van der Waals surface area contributed by atoms with Crippen LogP contribution in [-0.2, 0) is 20.7 Å². The van der Waals surface area contributed by atoms with Crippen LogP contribution in [0.1, 0.15) is 46.5 Å². The lowest BCUT2D eigenvalue weighted by Crippen LogP contribution is -2.31. The van der Waals surface area contributed by atoms with Crippen molar-refractivity contribution in [3.05, 3.63) is 52.4 Å². The molecule has 0 aliphatic heterocycles. The van der Waals surface area contributed by atoms with Gasteiger partial charge in [0.15, 0.2) is 0 Å². The maximum absolute atomic E-state index is 12.7. The first kappa shape index (κ1) is 22.0. The van der Waals surface area contributed by atoms with E-state index in [0.29, 0.717) is 42.8 Å². The Morgan fingerprint density at radius 2 is 1.73 bits per heavy atom. The number of carbonyl (C=O) groups excluding carboxylic acids is 3. The van der Waals surface area contributed by atoms with E-state index in [0.717, 1.165) is 16.9 Å². The van der Waals surface area contributed by atoms with Crippen molar-refractivity contribution in [3.63, 3.8) is 0 Å². The van der Waals surface area contributed by atoms with Crippen molar-refractivity contribution in [1.82, 2.24) is 5.32 Å². The molecule has 160 valence electrons. The second-order valence-corrected chi connectivity index (χ2v) is 8.91. The average molecular weight is 429 g/mol. The fraction of sp³-hybridized carbons (Fsp3) is 0.435. The smallest absolute Gasteiger partial charge is 0.308 e. The van der Waals surface area contributed by atoms with Gasteiger partial charge >= 0.3 is 5.97 Å². The van der Waals surface area contributed by atoms with Gasteiger partial charge in [0.25, 0.3) is 5.91 Å². The average Bonchev–Trinajstić information content (AvgIpc) is 3.14. The highest BCUT2D eigenvalue weighted by Crippen LogP contribution is 2.32. The van der Waals surface area contributed by atoms with Gasteiger partial charge in [-0.05, 0) is 50.7 Å². The normalized spacial score (nSPS) is 18.5. The third-order valence-corrected chi connectivity index (χ3v) is 6.48. The fourth-order valence-corrected chi connectivity index (χ4v) is 4.72. The summed E-state index contributed by atoms with van der Waals surface area (Å²) < 4.78 is 4.80. The number of ether oxygens (including phenoxy) is 1. The Bertz CT molecular complexity index is 886. The summed E-state index contributed by atoms with van der Waals surface area (Å²) in [7, 11) is 1.40. The van der Waals surface area contributed by atoms with Gasteiger partial charge in [0.1, 0.15) is 5.00 Å². The maximum Gasteiger partial charge on any atom is 0.308 e. The number of rotatable bonds is 7. The Balaban J connectivity index is 1.55. The molecule has 3 rings (SSSR count). The first-order valence-electron chi connectivity index (χ1n) is 10.3. The molecule has 2 aromatic rings. The molecule has 2 N–H and O–H groups in total. The number of hydrogen-bond donors (Lipinski definition) is 2. The molecule has 1 heterocycles. The zero-order valence-corrected chi connectivity index (χ0v) is 18.2. The Kier molecular flexibility index (Phi) is 7.63. The van der Waals surface area contributed by atoms with Crippen molar-refractivity contribution >= 4 is 34.1 Å². The van der Waals surface area contributed by atoms with Crippen LogP contribution < -0.4 is 10.6 Å². The lowest BCUT2D eigenvalue weighted by atomic mass is 9.81. The van der Waals surface area contributed by atoms with Crippen LogP contribution >= 0.6 is 11.3 Å². The molecule has 1 aromatic heterocycles. The largest absolute Gasteiger partial charge is 0.469 e. The minimum Gasteiger partial charge on any atom is -0.469 e. The van der Waals surface area contributed by atoms with Crippen molar-refractivity contribution < 1.29 is 19.1 Å². The van der Waals surface area contributed by atoms with Crippen LogP contribution in [0.3, 0.4) is 0 Å². The Labute approximate surface area is 181 Å². The molecule has 1 fully saturated rings. The van der Waals surface area contributed by atoms with E-state index in [9.17, 15) is 14.4 Å². The molecule has 0 spiro atoms. The highest BCUT2D eigenvalue weighted by Gasteiger charge is 2.31. The molecule has 7 heteroatoms. The second-order valence-electron chi connectivity index (χ2n) is 7.65. The number of hydrogen-bond acceptors (Lipinski definition) is 5. The minimum atomic E-state index is -0.197. The third-order valence-electron chi connectivity index (χ3n) is 5.51. The summed E-state index contributed by atoms with van der Waals surface area (Å²) >= 11 is 1.41. The molecule has 1 saturated carbocycles. The van der Waals surface area contributed by atoms with Crippen molar-refractivity contribution in [1.29, 1.82) is 0 Å². The number of amides is 2. The first-order valence-corrected chi connectivity index (χ1v) is 11.1. The van der Waals surface area contributed by atoms with E-state index in [2.05, 4.69) is 10.6 Å². The van der Waals surface area contributed by atoms with E-state index in [1.54, 1.807) is 0 Å². The Morgan fingerprint density at radius 1 is 1.07 bits per heavy atom. The number of nitrogens with one attached hydrogen (secondary N) is 2. The zero-order valence-electron chi connectivity index (χ0n) is 17.4. The molecule has 1 aromatic carbocycles. The predicted molar refractivity (Wildman–Crippen MR) is 118 cm³/mol.